The summed E-state index contributed by atoms with van der Waals surface area (Å²) < 4.78 is 0. The van der Waals surface area contributed by atoms with Crippen LogP contribution in [-0.4, -0.2) is 14.3 Å². The van der Waals surface area contributed by atoms with Crippen molar-refractivity contribution in [2.75, 3.05) is 6.26 Å². The largest absolute Gasteiger partial charge is 0.130 e. The van der Waals surface area contributed by atoms with Gasteiger partial charge in [-0.05, 0) is 18.4 Å². The Morgan fingerprint density at radius 2 is 1.50 bits per heavy atom. The Hall–Kier alpha value is -0.213. The molecule has 1 rings (SSSR count). The van der Waals surface area contributed by atoms with Crippen LogP contribution < -0.4 is 5.19 Å². The van der Waals surface area contributed by atoms with Gasteiger partial charge in [-0.1, -0.05) is 37.0 Å². The Morgan fingerprint density at radius 3 is 1.83 bits per heavy atom. The molecule has 0 amide bonds. The van der Waals surface area contributed by atoms with E-state index in [9.17, 15) is 0 Å². The molecule has 0 heterocycles. The van der Waals surface area contributed by atoms with Crippen LogP contribution in [-0.2, 0) is 0 Å². The summed E-state index contributed by atoms with van der Waals surface area (Å²) in [6.07, 6.45) is 2.11. The number of rotatable bonds is 2. The normalized spacial score (nSPS) is 11.7. The van der Waals surface area contributed by atoms with Crippen LogP contribution in [0.3, 0.4) is 0 Å². The Balaban J connectivity index is 2.93. The second-order valence-corrected chi connectivity index (χ2v) is 9.94. The summed E-state index contributed by atoms with van der Waals surface area (Å²) in [6, 6.07) is 8.99. The minimum Gasteiger partial charge on any atom is -0.130 e. The van der Waals surface area contributed by atoms with Gasteiger partial charge in [-0.15, -0.1) is 11.8 Å². The molecule has 66 valence electrons. The van der Waals surface area contributed by atoms with E-state index in [2.05, 4.69) is 50.2 Å². The lowest BCUT2D eigenvalue weighted by atomic mass is 10.4. The average molecular weight is 196 g/mol. The predicted octanol–water partition coefficient (Wildman–Crippen LogP) is 2.95. The lowest BCUT2D eigenvalue weighted by Crippen LogP contribution is -2.37. The van der Waals surface area contributed by atoms with Crippen LogP contribution in [0.2, 0.25) is 19.6 Å². The summed E-state index contributed by atoms with van der Waals surface area (Å²) in [5.74, 6) is 0. The molecule has 0 atom stereocenters. The van der Waals surface area contributed by atoms with Crippen LogP contribution in [0.1, 0.15) is 0 Å². The van der Waals surface area contributed by atoms with E-state index in [-0.39, 0.29) is 0 Å². The van der Waals surface area contributed by atoms with Gasteiger partial charge in [0.15, 0.2) is 0 Å². The van der Waals surface area contributed by atoms with Crippen LogP contribution in [0.4, 0.5) is 0 Å². The lowest BCUT2D eigenvalue weighted by Gasteiger charge is -2.16. The molecule has 0 saturated carbocycles. The van der Waals surface area contributed by atoms with E-state index >= 15 is 0 Å². The molecule has 0 bridgehead atoms. The molecule has 12 heavy (non-hydrogen) atoms. The lowest BCUT2D eigenvalue weighted by molar-refractivity contribution is 1.48. The highest BCUT2D eigenvalue weighted by atomic mass is 32.2. The Labute approximate surface area is 80.4 Å². The molecular weight excluding hydrogens is 180 g/mol. The molecule has 0 N–H and O–H groups in total. The molecule has 0 spiro atoms. The van der Waals surface area contributed by atoms with Gasteiger partial charge in [-0.25, -0.2) is 0 Å². The van der Waals surface area contributed by atoms with Crippen LogP contribution in [0.15, 0.2) is 29.2 Å². The summed E-state index contributed by atoms with van der Waals surface area (Å²) >= 11 is 1.80. The van der Waals surface area contributed by atoms with Crippen LogP contribution in [0.25, 0.3) is 0 Å². The first-order valence-corrected chi connectivity index (χ1v) is 8.91. The van der Waals surface area contributed by atoms with E-state index in [1.165, 1.54) is 4.90 Å². The van der Waals surface area contributed by atoms with Crippen molar-refractivity contribution in [1.82, 2.24) is 0 Å². The first-order valence-electron chi connectivity index (χ1n) is 4.18. The molecule has 1 aromatic rings. The third kappa shape index (κ3) is 2.39. The van der Waals surface area contributed by atoms with Gasteiger partial charge in [0.2, 0.25) is 0 Å². The third-order valence-corrected chi connectivity index (χ3v) is 4.76. The fourth-order valence-electron chi connectivity index (χ4n) is 1.09. The molecule has 0 aliphatic heterocycles. The quantitative estimate of drug-likeness (QED) is 0.518. The minimum absolute atomic E-state index is 1.08. The van der Waals surface area contributed by atoms with E-state index in [1.54, 1.807) is 16.9 Å². The van der Waals surface area contributed by atoms with Crippen LogP contribution in [0, 0.1) is 0 Å². The SMILES string of the molecule is CSc1ccc([Si](C)(C)C)cc1. The number of hydrogen-bond acceptors (Lipinski definition) is 1. The zero-order valence-corrected chi connectivity index (χ0v) is 10.0. The fourth-order valence-corrected chi connectivity index (χ4v) is 2.67. The van der Waals surface area contributed by atoms with Gasteiger partial charge in [-0.3, -0.25) is 0 Å². The zero-order valence-electron chi connectivity index (χ0n) is 8.22. The molecule has 0 aliphatic carbocycles. The first kappa shape index (κ1) is 9.87. The topological polar surface area (TPSA) is 0 Å². The molecule has 1 aromatic carbocycles. The Kier molecular flexibility index (Phi) is 3.02. The van der Waals surface area contributed by atoms with Crippen molar-refractivity contribution in [2.24, 2.45) is 0 Å². The van der Waals surface area contributed by atoms with Gasteiger partial charge >= 0.3 is 0 Å². The van der Waals surface area contributed by atoms with E-state index in [0.29, 0.717) is 0 Å². The Bertz CT molecular complexity index is 246. The number of benzene rings is 1. The highest BCUT2D eigenvalue weighted by molar-refractivity contribution is 7.98. The van der Waals surface area contributed by atoms with Gasteiger partial charge < -0.3 is 0 Å². The average Bonchev–Trinajstić information content (AvgIpc) is 2.03. The van der Waals surface area contributed by atoms with Gasteiger partial charge in [0.1, 0.15) is 0 Å². The van der Waals surface area contributed by atoms with Gasteiger partial charge in [-0.2, -0.15) is 0 Å². The highest BCUT2D eigenvalue weighted by Crippen LogP contribution is 2.13. The van der Waals surface area contributed by atoms with Crippen molar-refractivity contribution in [2.45, 2.75) is 24.5 Å². The molecule has 0 radical (unpaired) electrons. The number of hydrogen-bond donors (Lipinski definition) is 0. The van der Waals surface area contributed by atoms with Crippen molar-refractivity contribution >= 4 is 25.0 Å². The standard InChI is InChI=1S/C10H16SSi/c1-11-9-5-7-10(8-6-9)12(2,3)4/h5-8H,1-4H3. The highest BCUT2D eigenvalue weighted by Gasteiger charge is 2.15. The zero-order chi connectivity index (χ0) is 9.19. The first-order chi connectivity index (χ1) is 5.54. The van der Waals surface area contributed by atoms with Crippen molar-refractivity contribution < 1.29 is 0 Å². The van der Waals surface area contributed by atoms with E-state index in [4.69, 9.17) is 0 Å². The monoisotopic (exact) mass is 196 g/mol. The van der Waals surface area contributed by atoms with Crippen molar-refractivity contribution in [3.8, 4) is 0 Å². The third-order valence-electron chi connectivity index (χ3n) is 1.96. The number of thioether (sulfide) groups is 1. The maximum atomic E-state index is 2.38. The second kappa shape index (κ2) is 3.67. The van der Waals surface area contributed by atoms with Gasteiger partial charge in [0.25, 0.3) is 0 Å². The Morgan fingerprint density at radius 1 is 1.00 bits per heavy atom. The maximum absolute atomic E-state index is 2.38. The molecule has 0 saturated heterocycles. The summed E-state index contributed by atoms with van der Waals surface area (Å²) in [4.78, 5) is 1.36. The van der Waals surface area contributed by atoms with Crippen molar-refractivity contribution in [3.05, 3.63) is 24.3 Å². The van der Waals surface area contributed by atoms with E-state index in [1.807, 2.05) is 0 Å². The molecule has 0 fully saturated rings. The predicted molar refractivity (Wildman–Crippen MR) is 61.2 cm³/mol. The fraction of sp³-hybridized carbons (Fsp3) is 0.400. The summed E-state index contributed by atoms with van der Waals surface area (Å²) in [7, 11) is -1.08. The summed E-state index contributed by atoms with van der Waals surface area (Å²) in [6.45, 7) is 7.13. The molecule has 2 heteroatoms. The van der Waals surface area contributed by atoms with Gasteiger partial charge in [0, 0.05) is 4.90 Å². The van der Waals surface area contributed by atoms with E-state index < -0.39 is 8.07 Å². The van der Waals surface area contributed by atoms with Crippen LogP contribution in [0.5, 0.6) is 0 Å². The van der Waals surface area contributed by atoms with Crippen molar-refractivity contribution in [1.29, 1.82) is 0 Å². The molecule has 0 nitrogen and oxygen atoms in total. The summed E-state index contributed by atoms with van der Waals surface area (Å²) in [5.41, 5.74) is 0. The second-order valence-electron chi connectivity index (χ2n) is 3.98. The van der Waals surface area contributed by atoms with E-state index in [0.717, 1.165) is 0 Å². The molecular formula is C10H16SSi. The van der Waals surface area contributed by atoms with Crippen LogP contribution >= 0.6 is 11.8 Å². The maximum Gasteiger partial charge on any atom is 0.0775 e. The molecule has 0 aromatic heterocycles. The minimum atomic E-state index is -1.08. The van der Waals surface area contributed by atoms with Crippen molar-refractivity contribution in [3.63, 3.8) is 0 Å². The van der Waals surface area contributed by atoms with Gasteiger partial charge in [0.05, 0.1) is 8.07 Å². The molecule has 0 unspecified atom stereocenters. The summed E-state index contributed by atoms with van der Waals surface area (Å²) in [5, 5.41) is 1.54. The molecule has 0 aliphatic rings. The smallest absolute Gasteiger partial charge is 0.0775 e.